The number of piperazine rings is 1. The molecule has 136 valence electrons. The van der Waals surface area contributed by atoms with Crippen molar-refractivity contribution in [3.63, 3.8) is 0 Å². The molecule has 2 aliphatic heterocycles. The van der Waals surface area contributed by atoms with E-state index >= 15 is 0 Å². The van der Waals surface area contributed by atoms with E-state index in [0.717, 1.165) is 19.5 Å². The van der Waals surface area contributed by atoms with E-state index in [4.69, 9.17) is 4.98 Å². The number of nitrogens with zero attached hydrogens (tertiary/aromatic N) is 7. The molecular weight excluding hydrogens is 342 g/mol. The summed E-state index contributed by atoms with van der Waals surface area (Å²) in [4.78, 5) is 34.2. The second-order valence-corrected chi connectivity index (χ2v) is 6.99. The average molecular weight is 361 g/mol. The molecule has 27 heavy (non-hydrogen) atoms. The lowest BCUT2D eigenvalue weighted by Gasteiger charge is -2.36. The van der Waals surface area contributed by atoms with Gasteiger partial charge in [0.05, 0.1) is 17.4 Å². The maximum atomic E-state index is 12.5. The molecule has 0 spiro atoms. The van der Waals surface area contributed by atoms with Crippen molar-refractivity contribution < 1.29 is 0 Å². The lowest BCUT2D eigenvalue weighted by molar-refractivity contribution is 0.614. The van der Waals surface area contributed by atoms with Gasteiger partial charge in [0.1, 0.15) is 6.33 Å². The van der Waals surface area contributed by atoms with Gasteiger partial charge in [-0.2, -0.15) is 0 Å². The molecule has 2 aliphatic rings. The Bertz CT molecular complexity index is 1020. The van der Waals surface area contributed by atoms with Crippen LogP contribution in [0.4, 0.5) is 11.6 Å². The van der Waals surface area contributed by atoms with Crippen molar-refractivity contribution in [3.8, 4) is 11.4 Å². The van der Waals surface area contributed by atoms with Gasteiger partial charge in [-0.25, -0.2) is 15.0 Å². The highest BCUT2D eigenvalue weighted by atomic mass is 16.1. The van der Waals surface area contributed by atoms with Gasteiger partial charge in [0, 0.05) is 56.5 Å². The van der Waals surface area contributed by atoms with Crippen molar-refractivity contribution in [1.82, 2.24) is 24.5 Å². The third-order valence-corrected chi connectivity index (χ3v) is 5.45. The molecule has 3 aromatic rings. The van der Waals surface area contributed by atoms with Gasteiger partial charge < -0.3 is 9.80 Å². The summed E-state index contributed by atoms with van der Waals surface area (Å²) in [7, 11) is 1.78. The van der Waals surface area contributed by atoms with E-state index in [9.17, 15) is 4.79 Å². The Hall–Kier alpha value is -3.29. The first-order chi connectivity index (χ1) is 13.2. The van der Waals surface area contributed by atoms with Crippen LogP contribution in [0.2, 0.25) is 0 Å². The lowest BCUT2D eigenvalue weighted by Crippen LogP contribution is -2.48. The predicted octanol–water partition coefficient (Wildman–Crippen LogP) is 1.10. The highest BCUT2D eigenvalue weighted by molar-refractivity contribution is 5.57. The van der Waals surface area contributed by atoms with Crippen molar-refractivity contribution in [2.45, 2.75) is 18.5 Å². The molecule has 0 aliphatic carbocycles. The maximum absolute atomic E-state index is 12.5. The fourth-order valence-corrected chi connectivity index (χ4v) is 4.12. The zero-order valence-electron chi connectivity index (χ0n) is 14.9. The maximum Gasteiger partial charge on any atom is 0.255 e. The Labute approximate surface area is 156 Å². The number of fused-ring (bicyclic) bond motifs is 2. The third kappa shape index (κ3) is 2.64. The second kappa shape index (κ2) is 6.15. The van der Waals surface area contributed by atoms with Crippen LogP contribution >= 0.6 is 0 Å². The van der Waals surface area contributed by atoms with Crippen molar-refractivity contribution in [3.05, 3.63) is 59.5 Å². The minimum Gasteiger partial charge on any atom is -0.365 e. The van der Waals surface area contributed by atoms with Crippen LogP contribution in [-0.4, -0.2) is 49.7 Å². The SMILES string of the molecule is Cn1c(N2CC3C[C@@H]2CN3c2ccncc2)nc(-c2ccncn2)cc1=O. The molecule has 8 heteroatoms. The van der Waals surface area contributed by atoms with E-state index in [1.165, 1.54) is 18.1 Å². The minimum atomic E-state index is -0.0811. The van der Waals surface area contributed by atoms with E-state index in [2.05, 4.69) is 36.9 Å². The van der Waals surface area contributed by atoms with E-state index in [1.54, 1.807) is 23.9 Å². The van der Waals surface area contributed by atoms with Crippen LogP contribution in [0.1, 0.15) is 6.42 Å². The van der Waals surface area contributed by atoms with Gasteiger partial charge in [0.2, 0.25) is 5.95 Å². The van der Waals surface area contributed by atoms with Gasteiger partial charge >= 0.3 is 0 Å². The van der Waals surface area contributed by atoms with Gasteiger partial charge in [0.15, 0.2) is 0 Å². The molecule has 2 fully saturated rings. The van der Waals surface area contributed by atoms with Crippen LogP contribution in [0.5, 0.6) is 0 Å². The number of hydrogen-bond acceptors (Lipinski definition) is 7. The molecule has 3 aromatic heterocycles. The van der Waals surface area contributed by atoms with Crippen LogP contribution < -0.4 is 15.4 Å². The van der Waals surface area contributed by atoms with Gasteiger partial charge in [-0.15, -0.1) is 0 Å². The van der Waals surface area contributed by atoms with E-state index in [0.29, 0.717) is 29.4 Å². The number of aromatic nitrogens is 5. The first-order valence-corrected chi connectivity index (χ1v) is 8.98. The molecule has 5 rings (SSSR count). The molecule has 5 heterocycles. The second-order valence-electron chi connectivity index (χ2n) is 6.99. The highest BCUT2D eigenvalue weighted by Crippen LogP contribution is 2.36. The lowest BCUT2D eigenvalue weighted by atomic mass is 10.2. The molecule has 0 radical (unpaired) electrons. The monoisotopic (exact) mass is 361 g/mol. The van der Waals surface area contributed by atoms with E-state index < -0.39 is 0 Å². The van der Waals surface area contributed by atoms with Crippen molar-refractivity contribution in [1.29, 1.82) is 0 Å². The van der Waals surface area contributed by atoms with Crippen molar-refractivity contribution in [2.75, 3.05) is 22.9 Å². The smallest absolute Gasteiger partial charge is 0.255 e. The summed E-state index contributed by atoms with van der Waals surface area (Å²) in [6.45, 7) is 1.77. The fraction of sp³-hybridized carbons (Fsp3) is 0.316. The molecular formula is C19H19N7O. The van der Waals surface area contributed by atoms with Crippen LogP contribution in [0.3, 0.4) is 0 Å². The quantitative estimate of drug-likeness (QED) is 0.691. The standard InChI is InChI=1S/C19H19N7O/c1-24-18(27)9-17(16-4-7-21-12-22-16)23-19(24)26-11-14-8-15(26)10-25(14)13-2-5-20-6-3-13/h2-7,9,12,14-15H,8,10-11H2,1H3/t14?,15-/m1/s1. The summed E-state index contributed by atoms with van der Waals surface area (Å²) < 4.78 is 1.63. The van der Waals surface area contributed by atoms with Crippen LogP contribution in [0, 0.1) is 0 Å². The predicted molar refractivity (Wildman–Crippen MR) is 102 cm³/mol. The molecule has 2 saturated heterocycles. The Morgan fingerprint density at radius 3 is 2.41 bits per heavy atom. The first-order valence-electron chi connectivity index (χ1n) is 8.98. The summed E-state index contributed by atoms with van der Waals surface area (Å²) >= 11 is 0. The molecule has 0 amide bonds. The molecule has 0 N–H and O–H groups in total. The zero-order valence-corrected chi connectivity index (χ0v) is 14.9. The highest BCUT2D eigenvalue weighted by Gasteiger charge is 2.44. The largest absolute Gasteiger partial charge is 0.365 e. The third-order valence-electron chi connectivity index (χ3n) is 5.45. The van der Waals surface area contributed by atoms with Gasteiger partial charge in [-0.1, -0.05) is 0 Å². The minimum absolute atomic E-state index is 0.0811. The normalized spacial score (nSPS) is 21.1. The van der Waals surface area contributed by atoms with Gasteiger partial charge in [-0.05, 0) is 24.6 Å². The van der Waals surface area contributed by atoms with E-state index in [1.807, 2.05) is 12.4 Å². The summed E-state index contributed by atoms with van der Waals surface area (Å²) in [6.07, 6.45) is 7.85. The Morgan fingerprint density at radius 1 is 0.963 bits per heavy atom. The average Bonchev–Trinajstić information content (AvgIpc) is 3.32. The molecule has 2 bridgehead atoms. The molecule has 2 atom stereocenters. The molecule has 1 unspecified atom stereocenters. The Kier molecular flexibility index (Phi) is 3.63. The van der Waals surface area contributed by atoms with Gasteiger partial charge in [-0.3, -0.25) is 14.3 Å². The summed E-state index contributed by atoms with van der Waals surface area (Å²) in [5.74, 6) is 0.706. The van der Waals surface area contributed by atoms with Crippen LogP contribution in [0.15, 0.2) is 54.0 Å². The van der Waals surface area contributed by atoms with E-state index in [-0.39, 0.29) is 5.56 Å². The summed E-state index contributed by atoms with van der Waals surface area (Å²) in [6, 6.07) is 8.15. The summed E-state index contributed by atoms with van der Waals surface area (Å²) in [5.41, 5.74) is 2.37. The van der Waals surface area contributed by atoms with Crippen LogP contribution in [0.25, 0.3) is 11.4 Å². The molecule has 0 aromatic carbocycles. The zero-order chi connectivity index (χ0) is 18.4. The van der Waals surface area contributed by atoms with Crippen molar-refractivity contribution >= 4 is 11.6 Å². The fourth-order valence-electron chi connectivity index (χ4n) is 4.12. The molecule has 8 nitrogen and oxygen atoms in total. The number of rotatable bonds is 3. The Balaban J connectivity index is 1.47. The van der Waals surface area contributed by atoms with Crippen LogP contribution in [-0.2, 0) is 7.05 Å². The Morgan fingerprint density at radius 2 is 1.70 bits per heavy atom. The number of anilines is 2. The van der Waals surface area contributed by atoms with Crippen molar-refractivity contribution in [2.24, 2.45) is 7.05 Å². The number of pyridine rings is 1. The topological polar surface area (TPSA) is 80.0 Å². The number of hydrogen-bond donors (Lipinski definition) is 0. The van der Waals surface area contributed by atoms with Gasteiger partial charge in [0.25, 0.3) is 5.56 Å². The molecule has 0 saturated carbocycles. The first kappa shape index (κ1) is 15.9. The summed E-state index contributed by atoms with van der Waals surface area (Å²) in [5, 5.41) is 0.